The van der Waals surface area contributed by atoms with Crippen molar-refractivity contribution in [3.05, 3.63) is 58.4 Å². The van der Waals surface area contributed by atoms with Gasteiger partial charge in [0.15, 0.2) is 0 Å². The highest BCUT2D eigenvalue weighted by atomic mass is 16.6. The third-order valence-electron chi connectivity index (χ3n) is 6.22. The maximum absolute atomic E-state index is 12.9. The Labute approximate surface area is 202 Å². The number of unbranched alkanes of at least 4 members (excludes halogenated alkanes) is 2. The zero-order valence-corrected chi connectivity index (χ0v) is 21.2. The molecule has 0 aliphatic heterocycles. The highest BCUT2D eigenvalue weighted by Gasteiger charge is 2.31. The maximum Gasteiger partial charge on any atom is 0.355 e. The zero-order chi connectivity index (χ0) is 24.3. The van der Waals surface area contributed by atoms with E-state index >= 15 is 0 Å². The fourth-order valence-electron chi connectivity index (χ4n) is 4.55. The number of carbonyl (C=O) groups excluding carboxylic acids is 1. The van der Waals surface area contributed by atoms with Crippen molar-refractivity contribution in [3.8, 4) is 11.5 Å². The minimum atomic E-state index is -0.549. The molecule has 3 aromatic rings. The number of carbonyl (C=O) groups is 1. The second-order valence-electron chi connectivity index (χ2n) is 10.1. The molecule has 5 heteroatoms. The lowest BCUT2D eigenvalue weighted by Gasteiger charge is -2.26. The first-order valence-corrected chi connectivity index (χ1v) is 12.6. The van der Waals surface area contributed by atoms with Crippen LogP contribution < -0.4 is 9.47 Å². The number of hydrogen-bond acceptors (Lipinski definition) is 4. The summed E-state index contributed by atoms with van der Waals surface area (Å²) in [6, 6.07) is 8.35. The predicted molar refractivity (Wildman–Crippen MR) is 136 cm³/mol. The van der Waals surface area contributed by atoms with Crippen LogP contribution in [0.15, 0.2) is 30.5 Å². The number of benzene rings is 2. The molecule has 34 heavy (non-hydrogen) atoms. The van der Waals surface area contributed by atoms with Crippen LogP contribution in [0.2, 0.25) is 0 Å². The third-order valence-corrected chi connectivity index (χ3v) is 6.22. The van der Waals surface area contributed by atoms with Crippen molar-refractivity contribution in [3.63, 3.8) is 0 Å². The Balaban J connectivity index is 1.82. The van der Waals surface area contributed by atoms with Crippen LogP contribution in [-0.2, 0) is 17.6 Å². The molecule has 1 aliphatic carbocycles. The van der Waals surface area contributed by atoms with E-state index in [2.05, 4.69) is 37.0 Å². The van der Waals surface area contributed by atoms with Crippen LogP contribution in [-0.4, -0.2) is 29.8 Å². The second kappa shape index (κ2) is 10.1. The molecular weight excluding hydrogens is 426 g/mol. The topological polar surface area (TPSA) is 60.5 Å². The SMILES string of the molecule is CCCCOc1c2c(c(OCCCC)c3ccccc13)Cc1c(c[nH]c1C(=O)OC(C)(C)C)C2. The van der Waals surface area contributed by atoms with Gasteiger partial charge in [0.05, 0.1) is 13.2 Å². The monoisotopic (exact) mass is 463 g/mol. The minimum absolute atomic E-state index is 0.314. The standard InChI is InChI=1S/C29H37NO4/c1-6-8-14-32-26-20-12-10-11-13-21(20)27(33-15-9-7-2)24-17-22-19(16-23(24)26)18-30-25(22)28(31)34-29(3,4)5/h10-13,18,30H,6-9,14-17H2,1-5H3. The molecule has 0 radical (unpaired) electrons. The lowest BCUT2D eigenvalue weighted by molar-refractivity contribution is 0.00624. The molecule has 182 valence electrons. The molecule has 0 bridgehead atoms. The van der Waals surface area contributed by atoms with Crippen molar-refractivity contribution in [2.24, 2.45) is 0 Å². The lowest BCUT2D eigenvalue weighted by Crippen LogP contribution is -2.25. The van der Waals surface area contributed by atoms with Crippen molar-refractivity contribution in [2.45, 2.75) is 78.7 Å². The zero-order valence-electron chi connectivity index (χ0n) is 21.2. The average Bonchev–Trinajstić information content (AvgIpc) is 3.21. The van der Waals surface area contributed by atoms with Crippen molar-refractivity contribution in [1.29, 1.82) is 0 Å². The van der Waals surface area contributed by atoms with E-state index in [1.165, 1.54) is 5.56 Å². The molecular formula is C29H37NO4. The number of rotatable bonds is 9. The predicted octanol–water partition coefficient (Wildman–Crippen LogP) is 6.98. The first-order chi connectivity index (χ1) is 16.3. The van der Waals surface area contributed by atoms with Gasteiger partial charge >= 0.3 is 5.97 Å². The second-order valence-corrected chi connectivity index (χ2v) is 10.1. The Morgan fingerprint density at radius 2 is 1.44 bits per heavy atom. The Kier molecular flexibility index (Phi) is 7.20. The first-order valence-electron chi connectivity index (χ1n) is 12.6. The molecule has 4 rings (SSSR count). The van der Waals surface area contributed by atoms with Gasteiger partial charge in [-0.3, -0.25) is 0 Å². The molecule has 0 fully saturated rings. The first kappa shape index (κ1) is 24.2. The van der Waals surface area contributed by atoms with Crippen LogP contribution in [0.4, 0.5) is 0 Å². The molecule has 0 unspecified atom stereocenters. The fraction of sp³-hybridized carbons (Fsp3) is 0.483. The van der Waals surface area contributed by atoms with Crippen LogP contribution in [0.5, 0.6) is 11.5 Å². The van der Waals surface area contributed by atoms with E-state index in [0.717, 1.165) is 64.6 Å². The molecule has 0 amide bonds. The van der Waals surface area contributed by atoms with Crippen LogP contribution in [0, 0.1) is 0 Å². The van der Waals surface area contributed by atoms with Crippen LogP contribution in [0.1, 0.15) is 93.0 Å². The summed E-state index contributed by atoms with van der Waals surface area (Å²) in [6.07, 6.45) is 7.41. The summed E-state index contributed by atoms with van der Waals surface area (Å²) in [5.74, 6) is 1.56. The third kappa shape index (κ3) is 4.94. The Bertz CT molecular complexity index is 1170. The molecule has 1 heterocycles. The number of H-pyrrole nitrogens is 1. The number of esters is 1. The molecule has 0 saturated carbocycles. The Hall–Kier alpha value is -2.95. The van der Waals surface area contributed by atoms with Gasteiger partial charge in [-0.2, -0.15) is 0 Å². The van der Waals surface area contributed by atoms with E-state index in [1.807, 2.05) is 33.0 Å². The van der Waals surface area contributed by atoms with Gasteiger partial charge in [-0.1, -0.05) is 51.0 Å². The van der Waals surface area contributed by atoms with Gasteiger partial charge in [-0.25, -0.2) is 4.79 Å². The smallest absolute Gasteiger partial charge is 0.355 e. The van der Waals surface area contributed by atoms with Gasteiger partial charge in [0.25, 0.3) is 0 Å². The van der Waals surface area contributed by atoms with Crippen LogP contribution in [0.3, 0.4) is 0 Å². The van der Waals surface area contributed by atoms with E-state index in [9.17, 15) is 4.79 Å². The van der Waals surface area contributed by atoms with Gasteiger partial charge in [-0.05, 0) is 44.7 Å². The number of aromatic amines is 1. The van der Waals surface area contributed by atoms with Crippen molar-refractivity contribution >= 4 is 16.7 Å². The van der Waals surface area contributed by atoms with Gasteiger partial charge in [0.1, 0.15) is 22.8 Å². The van der Waals surface area contributed by atoms with E-state index < -0.39 is 5.60 Å². The normalized spacial score (nSPS) is 12.9. The van der Waals surface area contributed by atoms with Crippen LogP contribution in [0.25, 0.3) is 10.8 Å². The molecule has 0 spiro atoms. The van der Waals surface area contributed by atoms with E-state index in [4.69, 9.17) is 14.2 Å². The summed E-state index contributed by atoms with van der Waals surface area (Å²) >= 11 is 0. The number of nitrogens with one attached hydrogen (secondary N) is 1. The van der Waals surface area contributed by atoms with Crippen LogP contribution >= 0.6 is 0 Å². The number of hydrogen-bond donors (Lipinski definition) is 1. The van der Waals surface area contributed by atoms with Gasteiger partial charge in [0.2, 0.25) is 0 Å². The lowest BCUT2D eigenvalue weighted by atomic mass is 9.84. The van der Waals surface area contributed by atoms with Crippen molar-refractivity contribution < 1.29 is 19.0 Å². The Morgan fingerprint density at radius 3 is 1.97 bits per heavy atom. The van der Waals surface area contributed by atoms with E-state index in [0.29, 0.717) is 31.7 Å². The quantitative estimate of drug-likeness (QED) is 0.215. The number of fused-ring (bicyclic) bond motifs is 3. The molecule has 2 aromatic carbocycles. The summed E-state index contributed by atoms with van der Waals surface area (Å²) in [7, 11) is 0. The summed E-state index contributed by atoms with van der Waals surface area (Å²) in [6.45, 7) is 11.4. The highest BCUT2D eigenvalue weighted by molar-refractivity contribution is 5.97. The molecule has 0 atom stereocenters. The molecule has 5 nitrogen and oxygen atoms in total. The Morgan fingerprint density at radius 1 is 0.882 bits per heavy atom. The summed E-state index contributed by atoms with van der Waals surface area (Å²) in [4.78, 5) is 16.1. The largest absolute Gasteiger partial charge is 0.493 e. The molecule has 0 saturated heterocycles. The molecule has 1 N–H and O–H groups in total. The van der Waals surface area contributed by atoms with Gasteiger partial charge in [0, 0.05) is 40.9 Å². The number of ether oxygens (including phenoxy) is 3. The average molecular weight is 464 g/mol. The van der Waals surface area contributed by atoms with Gasteiger partial charge in [-0.15, -0.1) is 0 Å². The van der Waals surface area contributed by atoms with E-state index in [-0.39, 0.29) is 5.97 Å². The molecule has 1 aliphatic rings. The van der Waals surface area contributed by atoms with Crippen molar-refractivity contribution in [1.82, 2.24) is 4.98 Å². The highest BCUT2D eigenvalue weighted by Crippen LogP contribution is 2.46. The molecule has 1 aromatic heterocycles. The van der Waals surface area contributed by atoms with Gasteiger partial charge < -0.3 is 19.2 Å². The summed E-state index contributed by atoms with van der Waals surface area (Å²) in [5.41, 5.74) is 4.39. The maximum atomic E-state index is 12.9. The minimum Gasteiger partial charge on any atom is -0.493 e. The number of aromatic nitrogens is 1. The fourth-order valence-corrected chi connectivity index (χ4v) is 4.55. The summed E-state index contributed by atoms with van der Waals surface area (Å²) < 4.78 is 18.5. The van der Waals surface area contributed by atoms with E-state index in [1.54, 1.807) is 0 Å². The summed E-state index contributed by atoms with van der Waals surface area (Å²) in [5, 5.41) is 2.16. The van der Waals surface area contributed by atoms with Crippen molar-refractivity contribution in [2.75, 3.05) is 13.2 Å².